The molecule has 0 aromatic carbocycles. The first-order valence-corrected chi connectivity index (χ1v) is 6.96. The largest absolute Gasteiger partial charge is 0.409 e. The number of amidine groups is 1. The number of aryl methyl sites for hydroxylation is 2. The third kappa shape index (κ3) is 2.58. The number of anilines is 1. The summed E-state index contributed by atoms with van der Waals surface area (Å²) < 4.78 is 1.81. The zero-order valence-electron chi connectivity index (χ0n) is 12.7. The SMILES string of the molecule is Cc1nn(C)c(N2CCN(C(C)C)CC2)c1C(N)=NO. The molecule has 0 aliphatic carbocycles. The maximum absolute atomic E-state index is 8.96. The molecular weight excluding hydrogens is 256 g/mol. The van der Waals surface area contributed by atoms with Crippen LogP contribution in [0.3, 0.4) is 0 Å². The predicted octanol–water partition coefficient (Wildman–Crippen LogP) is 0.353. The van der Waals surface area contributed by atoms with Gasteiger partial charge < -0.3 is 15.8 Å². The van der Waals surface area contributed by atoms with Crippen LogP contribution in [0.4, 0.5) is 5.82 Å². The average Bonchev–Trinajstić information content (AvgIpc) is 2.72. The number of nitrogens with two attached hydrogens (primary N) is 1. The minimum atomic E-state index is 0.122. The minimum Gasteiger partial charge on any atom is -0.409 e. The van der Waals surface area contributed by atoms with Gasteiger partial charge in [0.2, 0.25) is 0 Å². The lowest BCUT2D eigenvalue weighted by molar-refractivity contribution is 0.208. The van der Waals surface area contributed by atoms with Gasteiger partial charge in [-0.05, 0) is 20.8 Å². The molecule has 1 saturated heterocycles. The van der Waals surface area contributed by atoms with Crippen molar-refractivity contribution in [3.05, 3.63) is 11.3 Å². The summed E-state index contributed by atoms with van der Waals surface area (Å²) in [6, 6.07) is 0.564. The molecule has 7 heteroatoms. The molecule has 1 aromatic rings. The topological polar surface area (TPSA) is 82.9 Å². The zero-order valence-corrected chi connectivity index (χ0v) is 12.7. The van der Waals surface area contributed by atoms with E-state index in [2.05, 4.69) is 33.9 Å². The number of aromatic nitrogens is 2. The molecule has 1 aliphatic heterocycles. The molecule has 7 nitrogen and oxygen atoms in total. The van der Waals surface area contributed by atoms with Crippen LogP contribution in [-0.2, 0) is 7.05 Å². The average molecular weight is 280 g/mol. The summed E-state index contributed by atoms with van der Waals surface area (Å²) in [4.78, 5) is 4.70. The van der Waals surface area contributed by atoms with Crippen LogP contribution in [0.2, 0.25) is 0 Å². The summed E-state index contributed by atoms with van der Waals surface area (Å²) in [5.41, 5.74) is 7.31. The van der Waals surface area contributed by atoms with Crippen LogP contribution < -0.4 is 10.6 Å². The smallest absolute Gasteiger partial charge is 0.175 e. The Bertz CT molecular complexity index is 499. The van der Waals surface area contributed by atoms with Crippen molar-refractivity contribution in [1.29, 1.82) is 0 Å². The maximum Gasteiger partial charge on any atom is 0.175 e. The second-order valence-corrected chi connectivity index (χ2v) is 5.51. The van der Waals surface area contributed by atoms with Crippen molar-refractivity contribution in [2.45, 2.75) is 26.8 Å². The van der Waals surface area contributed by atoms with Crippen molar-refractivity contribution >= 4 is 11.7 Å². The summed E-state index contributed by atoms with van der Waals surface area (Å²) in [5, 5.41) is 16.5. The molecule has 0 atom stereocenters. The first kappa shape index (κ1) is 14.6. The summed E-state index contributed by atoms with van der Waals surface area (Å²) in [7, 11) is 1.89. The summed E-state index contributed by atoms with van der Waals surface area (Å²) in [5.74, 6) is 1.05. The quantitative estimate of drug-likeness (QED) is 0.361. The third-order valence-electron chi connectivity index (χ3n) is 3.90. The number of nitrogens with zero attached hydrogens (tertiary/aromatic N) is 5. The number of piperazine rings is 1. The Morgan fingerprint density at radius 3 is 2.40 bits per heavy atom. The molecule has 3 N–H and O–H groups in total. The van der Waals surface area contributed by atoms with Crippen LogP contribution in [0.15, 0.2) is 5.16 Å². The maximum atomic E-state index is 8.96. The molecule has 0 bridgehead atoms. The van der Waals surface area contributed by atoms with Crippen LogP contribution >= 0.6 is 0 Å². The van der Waals surface area contributed by atoms with Crippen LogP contribution in [0.5, 0.6) is 0 Å². The van der Waals surface area contributed by atoms with E-state index < -0.39 is 0 Å². The highest BCUT2D eigenvalue weighted by Gasteiger charge is 2.26. The Kier molecular flexibility index (Phi) is 4.17. The number of hydrogen-bond donors (Lipinski definition) is 2. The Morgan fingerprint density at radius 2 is 1.90 bits per heavy atom. The molecule has 0 radical (unpaired) electrons. The van der Waals surface area contributed by atoms with E-state index in [0.29, 0.717) is 6.04 Å². The molecule has 2 heterocycles. The predicted molar refractivity (Wildman–Crippen MR) is 79.4 cm³/mol. The van der Waals surface area contributed by atoms with Crippen LogP contribution in [-0.4, -0.2) is 57.9 Å². The van der Waals surface area contributed by atoms with E-state index in [-0.39, 0.29) is 5.84 Å². The van der Waals surface area contributed by atoms with Gasteiger partial charge in [-0.2, -0.15) is 5.10 Å². The molecule has 1 aromatic heterocycles. The van der Waals surface area contributed by atoms with E-state index in [1.54, 1.807) is 0 Å². The fraction of sp³-hybridized carbons (Fsp3) is 0.692. The van der Waals surface area contributed by atoms with Crippen LogP contribution in [0, 0.1) is 6.92 Å². The highest BCUT2D eigenvalue weighted by Crippen LogP contribution is 2.24. The van der Waals surface area contributed by atoms with Gasteiger partial charge in [-0.1, -0.05) is 5.16 Å². The lowest BCUT2D eigenvalue weighted by atomic mass is 10.2. The van der Waals surface area contributed by atoms with Gasteiger partial charge in [0.1, 0.15) is 5.82 Å². The fourth-order valence-corrected chi connectivity index (χ4v) is 2.81. The third-order valence-corrected chi connectivity index (χ3v) is 3.90. The van der Waals surface area contributed by atoms with E-state index in [4.69, 9.17) is 10.9 Å². The van der Waals surface area contributed by atoms with Crippen LogP contribution in [0.1, 0.15) is 25.1 Å². The molecule has 0 unspecified atom stereocenters. The van der Waals surface area contributed by atoms with Crippen molar-refractivity contribution in [3.8, 4) is 0 Å². The molecule has 0 spiro atoms. The molecule has 20 heavy (non-hydrogen) atoms. The van der Waals surface area contributed by atoms with Crippen molar-refractivity contribution in [2.75, 3.05) is 31.1 Å². The van der Waals surface area contributed by atoms with E-state index in [1.807, 2.05) is 18.7 Å². The normalized spacial score (nSPS) is 18.1. The summed E-state index contributed by atoms with van der Waals surface area (Å²) in [6.45, 7) is 10.2. The van der Waals surface area contributed by atoms with Crippen molar-refractivity contribution in [2.24, 2.45) is 17.9 Å². The van der Waals surface area contributed by atoms with E-state index >= 15 is 0 Å². The summed E-state index contributed by atoms with van der Waals surface area (Å²) >= 11 is 0. The Labute approximate surface area is 119 Å². The van der Waals surface area contributed by atoms with Crippen molar-refractivity contribution in [1.82, 2.24) is 14.7 Å². The lowest BCUT2D eigenvalue weighted by Crippen LogP contribution is -2.49. The number of hydrogen-bond acceptors (Lipinski definition) is 5. The Balaban J connectivity index is 2.26. The van der Waals surface area contributed by atoms with Crippen molar-refractivity contribution < 1.29 is 5.21 Å². The van der Waals surface area contributed by atoms with Gasteiger partial charge in [-0.25, -0.2) is 0 Å². The molecule has 2 rings (SSSR count). The molecule has 112 valence electrons. The second kappa shape index (κ2) is 5.70. The lowest BCUT2D eigenvalue weighted by Gasteiger charge is -2.38. The van der Waals surface area contributed by atoms with E-state index in [0.717, 1.165) is 43.3 Å². The minimum absolute atomic E-state index is 0.122. The van der Waals surface area contributed by atoms with Crippen molar-refractivity contribution in [3.63, 3.8) is 0 Å². The zero-order chi connectivity index (χ0) is 14.9. The molecule has 0 amide bonds. The molecule has 0 saturated carbocycles. The molecule has 1 fully saturated rings. The standard InChI is InChI=1S/C13H24N6O/c1-9(2)18-5-7-19(8-6-18)13-11(12(14)16-20)10(3)15-17(13)4/h9,20H,5-8H2,1-4H3,(H2,14,16). The number of oxime groups is 1. The van der Waals surface area contributed by atoms with Gasteiger partial charge in [-0.15, -0.1) is 0 Å². The van der Waals surface area contributed by atoms with E-state index in [9.17, 15) is 0 Å². The highest BCUT2D eigenvalue weighted by atomic mass is 16.4. The van der Waals surface area contributed by atoms with Gasteiger partial charge in [0.25, 0.3) is 0 Å². The molecular formula is C13H24N6O. The van der Waals surface area contributed by atoms with Gasteiger partial charge >= 0.3 is 0 Å². The second-order valence-electron chi connectivity index (χ2n) is 5.51. The van der Waals surface area contributed by atoms with E-state index in [1.165, 1.54) is 0 Å². The van der Waals surface area contributed by atoms with Crippen LogP contribution in [0.25, 0.3) is 0 Å². The van der Waals surface area contributed by atoms with Gasteiger partial charge in [0.05, 0.1) is 11.3 Å². The Hall–Kier alpha value is -1.76. The Morgan fingerprint density at radius 1 is 1.30 bits per heavy atom. The van der Waals surface area contributed by atoms with Gasteiger partial charge in [0.15, 0.2) is 5.84 Å². The summed E-state index contributed by atoms with van der Waals surface area (Å²) in [6.07, 6.45) is 0. The first-order valence-electron chi connectivity index (χ1n) is 6.96. The highest BCUT2D eigenvalue weighted by molar-refractivity contribution is 6.02. The monoisotopic (exact) mass is 280 g/mol. The first-order chi connectivity index (χ1) is 9.45. The van der Waals surface area contributed by atoms with Gasteiger partial charge in [-0.3, -0.25) is 9.58 Å². The molecule has 1 aliphatic rings. The number of rotatable bonds is 3. The fourth-order valence-electron chi connectivity index (χ4n) is 2.81. The van der Waals surface area contributed by atoms with Gasteiger partial charge in [0, 0.05) is 39.3 Å².